The lowest BCUT2D eigenvalue weighted by atomic mass is 10.2. The summed E-state index contributed by atoms with van der Waals surface area (Å²) >= 11 is 1.68. The first-order valence-electron chi connectivity index (χ1n) is 16.7. The smallest absolute Gasteiger partial charge is 0.294 e. The highest BCUT2D eigenvalue weighted by Crippen LogP contribution is 2.25. The highest BCUT2D eigenvalue weighted by atomic mass is 32.2. The van der Waals surface area contributed by atoms with Crippen LogP contribution in [0.4, 0.5) is 5.82 Å². The number of ether oxygens (including phenoxy) is 1. The molecule has 2 aromatic heterocycles. The largest absolute Gasteiger partial charge is 0.491 e. The van der Waals surface area contributed by atoms with Crippen molar-refractivity contribution in [2.75, 3.05) is 19.7 Å². The van der Waals surface area contributed by atoms with Crippen LogP contribution in [0.3, 0.4) is 0 Å². The maximum Gasteiger partial charge on any atom is 0.294 e. The van der Waals surface area contributed by atoms with Crippen molar-refractivity contribution in [3.63, 3.8) is 0 Å². The van der Waals surface area contributed by atoms with E-state index in [-0.39, 0.29) is 34.6 Å². The number of hydrogen-bond donors (Lipinski definition) is 3. The number of azo groups is 1. The Hall–Kier alpha value is -5.70. The van der Waals surface area contributed by atoms with E-state index in [1.807, 2.05) is 48.5 Å². The van der Waals surface area contributed by atoms with E-state index in [1.54, 1.807) is 30.0 Å². The molecule has 0 aliphatic carbocycles. The third kappa shape index (κ3) is 12.8. The van der Waals surface area contributed by atoms with Gasteiger partial charge >= 0.3 is 0 Å². The maximum absolute atomic E-state index is 12.7. The Morgan fingerprint density at radius 3 is 2.36 bits per heavy atom. The predicted octanol–water partition coefficient (Wildman–Crippen LogP) is 6.87. The summed E-state index contributed by atoms with van der Waals surface area (Å²) in [4.78, 5) is 35.0. The molecule has 0 aliphatic rings. The van der Waals surface area contributed by atoms with Crippen molar-refractivity contribution in [2.24, 2.45) is 10.2 Å². The first-order valence-corrected chi connectivity index (χ1v) is 19.1. The molecule has 5 rings (SSSR count). The average Bonchev–Trinajstić information content (AvgIpc) is 3.17. The van der Waals surface area contributed by atoms with Crippen LogP contribution in [-0.2, 0) is 33.6 Å². The van der Waals surface area contributed by atoms with Crippen molar-refractivity contribution < 1.29 is 27.3 Å². The standard InChI is InChI=1S/C39H38N6O6S2/c46-38(21-18-34-35(51-25-22-29-10-3-1-4-11-29)19-17-32(44-34)28-52-33-13-5-2-6-14-33)40-23-9-24-41-39(47)31-16-20-37(42-26-31)45-43-27-30-12-7-8-15-36(30)53(48,49)50/h1-8,10-21,26H,9,22-25,27-28H2,(H,40,46)(H,41,47)(H,48,49,50). The molecular weight excluding hydrogens is 713 g/mol. The van der Waals surface area contributed by atoms with Gasteiger partial charge in [0.05, 0.1) is 29.3 Å². The van der Waals surface area contributed by atoms with Crippen LogP contribution in [0.1, 0.15) is 39.3 Å². The maximum atomic E-state index is 12.7. The van der Waals surface area contributed by atoms with E-state index in [9.17, 15) is 22.6 Å². The topological polar surface area (TPSA) is 172 Å². The summed E-state index contributed by atoms with van der Waals surface area (Å²) in [7, 11) is -4.39. The quantitative estimate of drug-likeness (QED) is 0.0284. The van der Waals surface area contributed by atoms with E-state index >= 15 is 0 Å². The fraction of sp³-hybridized carbons (Fsp3) is 0.179. The molecule has 2 amide bonds. The van der Waals surface area contributed by atoms with Crippen LogP contribution in [0.25, 0.3) is 6.08 Å². The summed E-state index contributed by atoms with van der Waals surface area (Å²) in [5, 5.41) is 13.5. The number of thioether (sulfide) groups is 1. The summed E-state index contributed by atoms with van der Waals surface area (Å²) in [5.74, 6) is 0.836. The van der Waals surface area contributed by atoms with Gasteiger partial charge < -0.3 is 15.4 Å². The van der Waals surface area contributed by atoms with Gasteiger partial charge in [0.2, 0.25) is 5.91 Å². The zero-order valence-corrected chi connectivity index (χ0v) is 30.3. The number of aromatic nitrogens is 2. The molecule has 53 heavy (non-hydrogen) atoms. The van der Waals surface area contributed by atoms with Crippen LogP contribution in [0, 0.1) is 0 Å². The number of nitrogens with one attached hydrogen (secondary N) is 2. The van der Waals surface area contributed by atoms with Gasteiger partial charge in [0.15, 0.2) is 5.82 Å². The zero-order chi connectivity index (χ0) is 37.3. The van der Waals surface area contributed by atoms with E-state index in [2.05, 4.69) is 50.1 Å². The van der Waals surface area contributed by atoms with Gasteiger partial charge in [-0.1, -0.05) is 66.7 Å². The number of amides is 2. The first-order chi connectivity index (χ1) is 25.7. The van der Waals surface area contributed by atoms with Crippen molar-refractivity contribution in [3.05, 3.63) is 150 Å². The van der Waals surface area contributed by atoms with Crippen molar-refractivity contribution in [1.82, 2.24) is 20.6 Å². The zero-order valence-electron chi connectivity index (χ0n) is 28.7. The highest BCUT2D eigenvalue weighted by Gasteiger charge is 2.14. The van der Waals surface area contributed by atoms with Gasteiger partial charge in [0.25, 0.3) is 16.0 Å². The molecule has 5 aromatic rings. The van der Waals surface area contributed by atoms with Crippen molar-refractivity contribution >= 4 is 45.6 Å². The summed E-state index contributed by atoms with van der Waals surface area (Å²) in [6.07, 6.45) is 5.66. The second-order valence-electron chi connectivity index (χ2n) is 11.5. The Balaban J connectivity index is 1.07. The average molecular weight is 751 g/mol. The predicted molar refractivity (Wildman–Crippen MR) is 204 cm³/mol. The second kappa shape index (κ2) is 19.8. The summed E-state index contributed by atoms with van der Waals surface area (Å²) in [6, 6.07) is 32.9. The molecule has 0 radical (unpaired) electrons. The molecule has 3 N–H and O–H groups in total. The molecule has 2 heterocycles. The minimum Gasteiger partial charge on any atom is -0.491 e. The molecular formula is C39H38N6O6S2. The van der Waals surface area contributed by atoms with Gasteiger partial charge in [0, 0.05) is 42.4 Å². The summed E-state index contributed by atoms with van der Waals surface area (Å²) in [6.45, 7) is 1.03. The number of carbonyl (C=O) groups is 2. The number of pyridine rings is 2. The Kier molecular flexibility index (Phi) is 14.4. The number of rotatable bonds is 18. The fourth-order valence-electron chi connectivity index (χ4n) is 4.89. The molecule has 272 valence electrons. The van der Waals surface area contributed by atoms with Gasteiger partial charge in [-0.2, -0.15) is 13.5 Å². The molecule has 0 unspecified atom stereocenters. The third-order valence-corrected chi connectivity index (χ3v) is 9.57. The van der Waals surface area contributed by atoms with E-state index in [4.69, 9.17) is 9.72 Å². The monoisotopic (exact) mass is 750 g/mol. The Labute approximate surface area is 312 Å². The van der Waals surface area contributed by atoms with Crippen molar-refractivity contribution in [2.45, 2.75) is 34.9 Å². The van der Waals surface area contributed by atoms with Crippen LogP contribution < -0.4 is 15.4 Å². The van der Waals surface area contributed by atoms with Gasteiger partial charge in [-0.15, -0.1) is 16.9 Å². The molecule has 0 spiro atoms. The van der Waals surface area contributed by atoms with E-state index in [0.29, 0.717) is 48.9 Å². The lowest BCUT2D eigenvalue weighted by molar-refractivity contribution is -0.116. The van der Waals surface area contributed by atoms with Crippen LogP contribution in [0.15, 0.2) is 141 Å². The second-order valence-corrected chi connectivity index (χ2v) is 13.9. The van der Waals surface area contributed by atoms with Gasteiger partial charge in [-0.3, -0.25) is 14.1 Å². The van der Waals surface area contributed by atoms with E-state index in [0.717, 1.165) is 17.0 Å². The van der Waals surface area contributed by atoms with Crippen LogP contribution in [-0.4, -0.2) is 54.4 Å². The molecule has 0 fully saturated rings. The summed E-state index contributed by atoms with van der Waals surface area (Å²) in [5.41, 5.74) is 3.19. The molecule has 12 nitrogen and oxygen atoms in total. The fourth-order valence-corrected chi connectivity index (χ4v) is 6.43. The molecule has 0 aliphatic heterocycles. The van der Waals surface area contributed by atoms with E-state index < -0.39 is 10.1 Å². The Morgan fingerprint density at radius 2 is 1.60 bits per heavy atom. The number of benzene rings is 3. The molecule has 3 aromatic carbocycles. The minimum atomic E-state index is -4.39. The molecule has 0 saturated carbocycles. The van der Waals surface area contributed by atoms with Gasteiger partial charge in [-0.25, -0.2) is 9.97 Å². The lowest BCUT2D eigenvalue weighted by Gasteiger charge is -2.11. The lowest BCUT2D eigenvalue weighted by Crippen LogP contribution is -2.29. The molecule has 0 bridgehead atoms. The Morgan fingerprint density at radius 1 is 0.868 bits per heavy atom. The van der Waals surface area contributed by atoms with Crippen LogP contribution in [0.2, 0.25) is 0 Å². The first kappa shape index (κ1) is 38.5. The number of carbonyl (C=O) groups excluding carboxylic acids is 2. The minimum absolute atomic E-state index is 0.0879. The Bertz CT molecular complexity index is 2130. The third-order valence-electron chi connectivity index (χ3n) is 7.57. The highest BCUT2D eigenvalue weighted by molar-refractivity contribution is 7.98. The van der Waals surface area contributed by atoms with Crippen molar-refractivity contribution in [3.8, 4) is 5.75 Å². The molecule has 0 saturated heterocycles. The number of hydrogen-bond acceptors (Lipinski definition) is 10. The normalized spacial score (nSPS) is 11.5. The summed E-state index contributed by atoms with van der Waals surface area (Å²) < 4.78 is 38.5. The van der Waals surface area contributed by atoms with Crippen molar-refractivity contribution in [1.29, 1.82) is 0 Å². The van der Waals surface area contributed by atoms with E-state index in [1.165, 1.54) is 42.1 Å². The molecule has 0 atom stereocenters. The SMILES string of the molecule is O=C(C=Cc1nc(CSc2ccccc2)ccc1OCCc1ccccc1)NCCCNC(=O)c1ccc(N=NCc2ccccc2S(=O)(=O)O)nc1. The van der Waals surface area contributed by atoms with Gasteiger partial charge in [-0.05, 0) is 66.1 Å². The van der Waals surface area contributed by atoms with Gasteiger partial charge in [0.1, 0.15) is 11.4 Å². The molecule has 14 heteroatoms. The van der Waals surface area contributed by atoms with Crippen LogP contribution >= 0.6 is 11.8 Å². The number of nitrogens with zero attached hydrogens (tertiary/aromatic N) is 4. The van der Waals surface area contributed by atoms with Crippen LogP contribution in [0.5, 0.6) is 5.75 Å².